The Kier molecular flexibility index (Phi) is 4.04. The number of fused-ring (bicyclic) bond motifs is 1. The molecule has 0 aromatic carbocycles. The molecular weight excluding hydrogens is 282 g/mol. The van der Waals surface area contributed by atoms with Gasteiger partial charge in [-0.05, 0) is 34.1 Å². The van der Waals surface area contributed by atoms with Gasteiger partial charge < -0.3 is 10.3 Å². The molecule has 1 unspecified atom stereocenters. The normalized spacial score (nSPS) is 13.8. The summed E-state index contributed by atoms with van der Waals surface area (Å²) in [5, 5.41) is 0. The summed E-state index contributed by atoms with van der Waals surface area (Å²) in [7, 11) is 1.50. The van der Waals surface area contributed by atoms with Gasteiger partial charge in [0.1, 0.15) is 5.82 Å². The highest BCUT2D eigenvalue weighted by Gasteiger charge is 2.23. The van der Waals surface area contributed by atoms with Crippen molar-refractivity contribution in [2.45, 2.75) is 59.2 Å². The van der Waals surface area contributed by atoms with Crippen molar-refractivity contribution in [3.05, 3.63) is 26.7 Å². The second-order valence-electron chi connectivity index (χ2n) is 6.68. The standard InChI is InChI=1S/C15H25N5O2/c1-7-9(2)20-12-11(13(21)18(6)14(20)22)19(10(3)17-12)8-15(4,5)16/h9H,7-8,16H2,1-6H3. The molecule has 2 rings (SSSR count). The first-order valence-electron chi connectivity index (χ1n) is 7.55. The van der Waals surface area contributed by atoms with Gasteiger partial charge in [-0.25, -0.2) is 9.78 Å². The molecular formula is C15H25N5O2. The smallest absolute Gasteiger partial charge is 0.324 e. The maximum Gasteiger partial charge on any atom is 0.332 e. The van der Waals surface area contributed by atoms with E-state index in [-0.39, 0.29) is 17.3 Å². The minimum absolute atomic E-state index is 0.0320. The lowest BCUT2D eigenvalue weighted by Gasteiger charge is -2.21. The molecule has 0 aliphatic rings. The Bertz CT molecular complexity index is 820. The fourth-order valence-electron chi connectivity index (χ4n) is 2.61. The van der Waals surface area contributed by atoms with Gasteiger partial charge in [-0.3, -0.25) is 13.9 Å². The van der Waals surface area contributed by atoms with E-state index >= 15 is 0 Å². The Hall–Kier alpha value is -1.89. The molecule has 2 N–H and O–H groups in total. The number of aryl methyl sites for hydroxylation is 1. The maximum absolute atomic E-state index is 12.6. The van der Waals surface area contributed by atoms with E-state index in [1.165, 1.54) is 7.05 Å². The van der Waals surface area contributed by atoms with Crippen molar-refractivity contribution in [3.63, 3.8) is 0 Å². The van der Waals surface area contributed by atoms with E-state index in [9.17, 15) is 9.59 Å². The zero-order valence-electron chi connectivity index (χ0n) is 14.2. The van der Waals surface area contributed by atoms with Crippen LogP contribution < -0.4 is 17.0 Å². The summed E-state index contributed by atoms with van der Waals surface area (Å²) in [6.45, 7) is 10.0. The molecule has 7 heteroatoms. The highest BCUT2D eigenvalue weighted by Crippen LogP contribution is 2.18. The van der Waals surface area contributed by atoms with Gasteiger partial charge in [0, 0.05) is 25.2 Å². The number of nitrogens with zero attached hydrogens (tertiary/aromatic N) is 4. The van der Waals surface area contributed by atoms with E-state index in [2.05, 4.69) is 4.98 Å². The first kappa shape index (κ1) is 16.5. The Balaban J connectivity index is 2.94. The first-order valence-corrected chi connectivity index (χ1v) is 7.55. The molecule has 2 heterocycles. The van der Waals surface area contributed by atoms with E-state index in [4.69, 9.17) is 5.73 Å². The van der Waals surface area contributed by atoms with Crippen LogP contribution in [0.4, 0.5) is 0 Å². The summed E-state index contributed by atoms with van der Waals surface area (Å²) in [6, 6.07) is -0.0320. The first-order chi connectivity index (χ1) is 10.1. The van der Waals surface area contributed by atoms with Crippen LogP contribution in [0.5, 0.6) is 0 Å². The molecule has 0 aliphatic carbocycles. The van der Waals surface area contributed by atoms with Crippen molar-refractivity contribution in [1.82, 2.24) is 18.7 Å². The predicted molar refractivity (Wildman–Crippen MR) is 87.2 cm³/mol. The van der Waals surface area contributed by atoms with E-state index < -0.39 is 5.54 Å². The monoisotopic (exact) mass is 307 g/mol. The van der Waals surface area contributed by atoms with Crippen LogP contribution in [0.25, 0.3) is 11.2 Å². The zero-order valence-corrected chi connectivity index (χ0v) is 14.2. The van der Waals surface area contributed by atoms with Crippen molar-refractivity contribution >= 4 is 11.2 Å². The molecule has 122 valence electrons. The van der Waals surface area contributed by atoms with E-state index in [1.54, 1.807) is 4.57 Å². The molecule has 0 bridgehead atoms. The van der Waals surface area contributed by atoms with Gasteiger partial charge in [0.2, 0.25) is 0 Å². The number of aromatic nitrogens is 4. The van der Waals surface area contributed by atoms with Crippen LogP contribution >= 0.6 is 0 Å². The molecule has 0 radical (unpaired) electrons. The Labute approximate surface area is 129 Å². The number of hydrogen-bond donors (Lipinski definition) is 1. The average molecular weight is 307 g/mol. The van der Waals surface area contributed by atoms with Gasteiger partial charge in [-0.15, -0.1) is 0 Å². The summed E-state index contributed by atoms with van der Waals surface area (Å²) in [5.41, 5.74) is 5.85. The average Bonchev–Trinajstić information content (AvgIpc) is 2.71. The molecule has 0 amide bonds. The lowest BCUT2D eigenvalue weighted by atomic mass is 10.1. The third kappa shape index (κ3) is 2.61. The lowest BCUT2D eigenvalue weighted by Crippen LogP contribution is -2.41. The fourth-order valence-corrected chi connectivity index (χ4v) is 2.61. The van der Waals surface area contributed by atoms with E-state index in [0.717, 1.165) is 11.0 Å². The predicted octanol–water partition coefficient (Wildman–Crippen LogP) is 0.913. The van der Waals surface area contributed by atoms with Crippen molar-refractivity contribution in [3.8, 4) is 0 Å². The molecule has 7 nitrogen and oxygen atoms in total. The fraction of sp³-hybridized carbons (Fsp3) is 0.667. The minimum atomic E-state index is -0.485. The quantitative estimate of drug-likeness (QED) is 0.909. The highest BCUT2D eigenvalue weighted by molar-refractivity contribution is 5.71. The minimum Gasteiger partial charge on any atom is -0.324 e. The van der Waals surface area contributed by atoms with Crippen LogP contribution in [0.15, 0.2) is 9.59 Å². The number of nitrogens with two attached hydrogens (primary N) is 1. The molecule has 1 atom stereocenters. The molecule has 22 heavy (non-hydrogen) atoms. The van der Waals surface area contributed by atoms with Crippen LogP contribution in [0.2, 0.25) is 0 Å². The summed E-state index contributed by atoms with van der Waals surface area (Å²) in [5.74, 6) is 0.688. The summed E-state index contributed by atoms with van der Waals surface area (Å²) >= 11 is 0. The molecule has 0 saturated carbocycles. The summed E-state index contributed by atoms with van der Waals surface area (Å²) < 4.78 is 4.56. The summed E-state index contributed by atoms with van der Waals surface area (Å²) in [4.78, 5) is 29.5. The lowest BCUT2D eigenvalue weighted by molar-refractivity contribution is 0.434. The zero-order chi connectivity index (χ0) is 16.8. The summed E-state index contributed by atoms with van der Waals surface area (Å²) in [6.07, 6.45) is 0.779. The van der Waals surface area contributed by atoms with Gasteiger partial charge in [0.05, 0.1) is 0 Å². The van der Waals surface area contributed by atoms with Crippen LogP contribution in [0.1, 0.15) is 46.0 Å². The number of hydrogen-bond acceptors (Lipinski definition) is 4. The van der Waals surface area contributed by atoms with Crippen LogP contribution in [-0.4, -0.2) is 24.2 Å². The van der Waals surface area contributed by atoms with Gasteiger partial charge >= 0.3 is 5.69 Å². The van der Waals surface area contributed by atoms with Gasteiger partial charge in [0.15, 0.2) is 11.2 Å². The van der Waals surface area contributed by atoms with Crippen LogP contribution in [0.3, 0.4) is 0 Å². The molecule has 0 spiro atoms. The van der Waals surface area contributed by atoms with Gasteiger partial charge in [0.25, 0.3) is 5.56 Å². The molecule has 0 fully saturated rings. The second kappa shape index (κ2) is 5.39. The van der Waals surface area contributed by atoms with Crippen molar-refractivity contribution < 1.29 is 0 Å². The van der Waals surface area contributed by atoms with Crippen molar-refractivity contribution in [2.75, 3.05) is 0 Å². The van der Waals surface area contributed by atoms with Gasteiger partial charge in [-0.2, -0.15) is 0 Å². The molecule has 0 aliphatic heterocycles. The number of rotatable bonds is 4. The Morgan fingerprint density at radius 1 is 1.32 bits per heavy atom. The molecule has 2 aromatic heterocycles. The van der Waals surface area contributed by atoms with Crippen molar-refractivity contribution in [2.24, 2.45) is 12.8 Å². The van der Waals surface area contributed by atoms with Gasteiger partial charge in [-0.1, -0.05) is 6.92 Å². The van der Waals surface area contributed by atoms with Crippen LogP contribution in [-0.2, 0) is 13.6 Å². The third-order valence-electron chi connectivity index (χ3n) is 3.97. The topological polar surface area (TPSA) is 87.8 Å². The molecule has 0 saturated heterocycles. The van der Waals surface area contributed by atoms with Crippen molar-refractivity contribution in [1.29, 1.82) is 0 Å². The second-order valence-corrected chi connectivity index (χ2v) is 6.68. The highest BCUT2D eigenvalue weighted by atomic mass is 16.2. The van der Waals surface area contributed by atoms with E-state index in [0.29, 0.717) is 23.5 Å². The Morgan fingerprint density at radius 3 is 2.41 bits per heavy atom. The SMILES string of the molecule is CCC(C)n1c(=O)n(C)c(=O)c2c1nc(C)n2CC(C)(C)N. The maximum atomic E-state index is 12.6. The van der Waals surface area contributed by atoms with E-state index in [1.807, 2.05) is 39.2 Å². The molecule has 2 aromatic rings. The number of imidazole rings is 1. The van der Waals surface area contributed by atoms with Crippen LogP contribution in [0, 0.1) is 6.92 Å². The third-order valence-corrected chi connectivity index (χ3v) is 3.97. The Morgan fingerprint density at radius 2 is 1.91 bits per heavy atom. The largest absolute Gasteiger partial charge is 0.332 e.